The molecule has 0 unspecified atom stereocenters. The molecule has 1 fully saturated rings. The molecule has 0 radical (unpaired) electrons. The van der Waals surface area contributed by atoms with E-state index in [1.165, 1.54) is 12.3 Å². The predicted octanol–water partition coefficient (Wildman–Crippen LogP) is 5.62. The zero-order chi connectivity index (χ0) is 24.7. The molecular formula is C27H25F2N3O3. The lowest BCUT2D eigenvalue weighted by Gasteiger charge is -2.19. The number of para-hydroxylation sites is 1. The number of imidazole rings is 1. The number of carbonyl (C=O) groups is 1. The third-order valence-corrected chi connectivity index (χ3v) is 6.60. The van der Waals surface area contributed by atoms with Gasteiger partial charge in [0, 0.05) is 18.2 Å². The molecule has 3 aromatic rings. The number of hydrogen-bond acceptors (Lipinski definition) is 5. The molecule has 1 aromatic heterocycles. The monoisotopic (exact) mass is 477 g/mol. The van der Waals surface area contributed by atoms with E-state index in [1.807, 2.05) is 28.8 Å². The van der Waals surface area contributed by atoms with Crippen LogP contribution in [0.4, 0.5) is 8.78 Å². The van der Waals surface area contributed by atoms with Crippen molar-refractivity contribution in [3.63, 3.8) is 0 Å². The van der Waals surface area contributed by atoms with Crippen LogP contribution in [0.3, 0.4) is 0 Å². The molecule has 2 atom stereocenters. The first-order valence-corrected chi connectivity index (χ1v) is 11.5. The van der Waals surface area contributed by atoms with Gasteiger partial charge in [0.25, 0.3) is 0 Å². The van der Waals surface area contributed by atoms with E-state index in [9.17, 15) is 18.7 Å². The molecular weight excluding hydrogens is 452 g/mol. The van der Waals surface area contributed by atoms with Crippen molar-refractivity contribution in [3.05, 3.63) is 77.1 Å². The van der Waals surface area contributed by atoms with E-state index in [1.54, 1.807) is 31.2 Å². The number of ketones is 1. The van der Waals surface area contributed by atoms with Crippen molar-refractivity contribution in [2.75, 3.05) is 0 Å². The van der Waals surface area contributed by atoms with Gasteiger partial charge in [-0.2, -0.15) is 8.78 Å². The normalized spacial score (nSPS) is 20.4. The molecule has 0 amide bonds. The van der Waals surface area contributed by atoms with Crippen LogP contribution in [0.5, 0.6) is 5.75 Å². The lowest BCUT2D eigenvalue weighted by molar-refractivity contribution is -0.113. The smallest absolute Gasteiger partial charge is 0.387 e. The standard InChI is InChI=1S/C27H25F2N3O3/c1-15(33)20(16-6-7-16)12-18(10-11-30)17-8-9-21-23(13-17)32-22(14-24(34)26(32)31-21)19-4-2-3-5-25(19)35-27(28)29/h2-5,8-13,16,22,24,27,30,34H,6-7,14H2,1H3/b18-10+,20-12+,30-11?/t22-,24-/m1/s1. The lowest BCUT2D eigenvalue weighted by Crippen LogP contribution is -2.10. The third kappa shape index (κ3) is 4.41. The molecule has 1 aliphatic heterocycles. The zero-order valence-electron chi connectivity index (χ0n) is 19.1. The maximum atomic E-state index is 13.0. The van der Waals surface area contributed by atoms with Gasteiger partial charge < -0.3 is 19.8 Å². The van der Waals surface area contributed by atoms with E-state index in [2.05, 4.69) is 4.98 Å². The number of halogens is 2. The number of allylic oxidation sites excluding steroid dienone is 4. The molecule has 0 bridgehead atoms. The zero-order valence-corrected chi connectivity index (χ0v) is 19.1. The largest absolute Gasteiger partial charge is 0.434 e. The summed E-state index contributed by atoms with van der Waals surface area (Å²) in [5.41, 5.74) is 4.20. The molecule has 35 heavy (non-hydrogen) atoms. The van der Waals surface area contributed by atoms with Crippen molar-refractivity contribution in [1.82, 2.24) is 9.55 Å². The van der Waals surface area contributed by atoms with Crippen LogP contribution in [-0.2, 0) is 4.79 Å². The van der Waals surface area contributed by atoms with Crippen molar-refractivity contribution >= 4 is 28.6 Å². The fourth-order valence-electron chi connectivity index (χ4n) is 4.89. The van der Waals surface area contributed by atoms with E-state index in [0.717, 1.165) is 35.1 Å². The summed E-state index contributed by atoms with van der Waals surface area (Å²) in [6, 6.07) is 11.8. The van der Waals surface area contributed by atoms with Crippen LogP contribution < -0.4 is 4.74 Å². The minimum atomic E-state index is -2.96. The van der Waals surface area contributed by atoms with E-state index in [-0.39, 0.29) is 23.9 Å². The summed E-state index contributed by atoms with van der Waals surface area (Å²) >= 11 is 0. The Morgan fingerprint density at radius 2 is 2.03 bits per heavy atom. The predicted molar refractivity (Wildman–Crippen MR) is 129 cm³/mol. The van der Waals surface area contributed by atoms with Crippen LogP contribution in [0, 0.1) is 11.3 Å². The number of fused-ring (bicyclic) bond motifs is 3. The Bertz CT molecular complexity index is 1370. The maximum absolute atomic E-state index is 13.0. The molecule has 180 valence electrons. The van der Waals surface area contributed by atoms with Gasteiger partial charge in [0.1, 0.15) is 17.7 Å². The Morgan fingerprint density at radius 1 is 1.26 bits per heavy atom. The summed E-state index contributed by atoms with van der Waals surface area (Å²) in [5, 5.41) is 18.4. The van der Waals surface area contributed by atoms with Crippen molar-refractivity contribution in [2.45, 2.75) is 44.9 Å². The fourth-order valence-corrected chi connectivity index (χ4v) is 4.89. The number of benzene rings is 2. The molecule has 2 aliphatic rings. The van der Waals surface area contributed by atoms with Gasteiger partial charge in [-0.05, 0) is 72.7 Å². The van der Waals surface area contributed by atoms with Crippen LogP contribution in [-0.4, -0.2) is 33.3 Å². The lowest BCUT2D eigenvalue weighted by atomic mass is 9.98. The van der Waals surface area contributed by atoms with E-state index in [0.29, 0.717) is 16.9 Å². The highest BCUT2D eigenvalue weighted by Crippen LogP contribution is 2.44. The second-order valence-electron chi connectivity index (χ2n) is 8.95. The second-order valence-corrected chi connectivity index (χ2v) is 8.95. The summed E-state index contributed by atoms with van der Waals surface area (Å²) in [5.74, 6) is 0.807. The number of Topliss-reactive ketones (excluding diaryl/α,β-unsaturated/α-hetero) is 1. The van der Waals surface area contributed by atoms with Gasteiger partial charge in [0.2, 0.25) is 0 Å². The molecule has 0 saturated heterocycles. The number of aromatic nitrogens is 2. The highest BCUT2D eigenvalue weighted by Gasteiger charge is 2.36. The molecule has 0 spiro atoms. The first-order valence-electron chi connectivity index (χ1n) is 11.5. The van der Waals surface area contributed by atoms with Gasteiger partial charge in [-0.25, -0.2) is 4.98 Å². The van der Waals surface area contributed by atoms with E-state index >= 15 is 0 Å². The molecule has 1 aliphatic carbocycles. The summed E-state index contributed by atoms with van der Waals surface area (Å²) in [4.78, 5) is 16.8. The highest BCUT2D eigenvalue weighted by molar-refractivity contribution is 5.99. The average Bonchev–Trinajstić information content (AvgIpc) is 3.51. The van der Waals surface area contributed by atoms with Gasteiger partial charge in [-0.3, -0.25) is 4.79 Å². The quantitative estimate of drug-likeness (QED) is 0.250. The van der Waals surface area contributed by atoms with Gasteiger partial charge in [0.15, 0.2) is 5.78 Å². The van der Waals surface area contributed by atoms with Gasteiger partial charge in [-0.15, -0.1) is 0 Å². The van der Waals surface area contributed by atoms with Gasteiger partial charge in [0.05, 0.1) is 17.1 Å². The summed E-state index contributed by atoms with van der Waals surface area (Å²) in [7, 11) is 0. The Kier molecular flexibility index (Phi) is 6.06. The number of carbonyl (C=O) groups excluding carboxylic acids is 1. The summed E-state index contributed by atoms with van der Waals surface area (Å²) in [6.07, 6.45) is 6.08. The number of ether oxygens (including phenoxy) is 1. The molecule has 8 heteroatoms. The summed E-state index contributed by atoms with van der Waals surface area (Å²) in [6.45, 7) is -1.40. The Morgan fingerprint density at radius 3 is 2.71 bits per heavy atom. The number of hydrogen-bond donors (Lipinski definition) is 2. The summed E-state index contributed by atoms with van der Waals surface area (Å²) < 4.78 is 32.7. The second kappa shape index (κ2) is 9.19. The Labute approximate surface area is 201 Å². The number of nitrogens with zero attached hydrogens (tertiary/aromatic N) is 2. The molecule has 2 N–H and O–H groups in total. The van der Waals surface area contributed by atoms with Crippen LogP contribution in [0.2, 0.25) is 0 Å². The number of nitrogens with one attached hydrogen (secondary N) is 1. The molecule has 1 saturated carbocycles. The van der Waals surface area contributed by atoms with E-state index in [4.69, 9.17) is 10.1 Å². The van der Waals surface area contributed by atoms with Crippen LogP contribution in [0.25, 0.3) is 16.6 Å². The average molecular weight is 478 g/mol. The number of alkyl halides is 2. The van der Waals surface area contributed by atoms with Gasteiger partial charge in [-0.1, -0.05) is 24.3 Å². The minimum absolute atomic E-state index is 0.0218. The number of aliphatic hydroxyl groups excluding tert-OH is 1. The number of rotatable bonds is 8. The topological polar surface area (TPSA) is 88.2 Å². The van der Waals surface area contributed by atoms with Crippen LogP contribution >= 0.6 is 0 Å². The van der Waals surface area contributed by atoms with Crippen molar-refractivity contribution in [2.24, 2.45) is 5.92 Å². The molecule has 6 nitrogen and oxygen atoms in total. The van der Waals surface area contributed by atoms with E-state index < -0.39 is 18.8 Å². The Hall–Kier alpha value is -3.65. The maximum Gasteiger partial charge on any atom is 0.387 e. The Balaban J connectivity index is 1.63. The SMILES string of the molecule is CC(=O)/C(=C\C(=C/C=N)c1ccc2nc3n(c2c1)[C@@H](c1ccccc1OC(F)F)C[C@H]3O)C1CC1. The van der Waals surface area contributed by atoms with Gasteiger partial charge >= 0.3 is 6.61 Å². The van der Waals surface area contributed by atoms with Crippen LogP contribution in [0.1, 0.15) is 55.3 Å². The first kappa shape index (κ1) is 23.1. The molecule has 2 heterocycles. The number of aliphatic hydroxyl groups is 1. The third-order valence-electron chi connectivity index (χ3n) is 6.60. The minimum Gasteiger partial charge on any atom is -0.434 e. The molecule has 5 rings (SSSR count). The van der Waals surface area contributed by atoms with Crippen molar-refractivity contribution in [3.8, 4) is 5.75 Å². The van der Waals surface area contributed by atoms with Crippen LogP contribution in [0.15, 0.2) is 60.2 Å². The first-order chi connectivity index (χ1) is 16.9. The highest BCUT2D eigenvalue weighted by atomic mass is 19.3. The fraction of sp³-hybridized carbons (Fsp3) is 0.296. The van der Waals surface area contributed by atoms with Crippen molar-refractivity contribution in [1.29, 1.82) is 5.41 Å². The molecule has 2 aromatic carbocycles. The van der Waals surface area contributed by atoms with Crippen molar-refractivity contribution < 1.29 is 23.4 Å².